The summed E-state index contributed by atoms with van der Waals surface area (Å²) in [6.45, 7) is 94.5. The molecule has 1 aromatic rings. The van der Waals surface area contributed by atoms with E-state index in [-0.39, 0.29) is 128 Å². The Kier molecular flexibility index (Phi) is 34.1. The van der Waals surface area contributed by atoms with Crippen LogP contribution in [0.4, 0.5) is 5.69 Å². The van der Waals surface area contributed by atoms with Gasteiger partial charge < -0.3 is 0 Å². The number of allylic oxidation sites excluding steroid dienone is 47. The van der Waals surface area contributed by atoms with Crippen LogP contribution < -0.4 is 0 Å². The summed E-state index contributed by atoms with van der Waals surface area (Å²) < 4.78 is 0. The van der Waals surface area contributed by atoms with Crippen LogP contribution in [0.15, 0.2) is 313 Å². The Bertz CT molecular complexity index is 5470. The predicted molar refractivity (Wildman–Crippen MR) is 567 cm³/mol. The molecular formula is C123H163ClN2O9. The number of nitrogens with zero attached hydrogens (tertiary/aromatic N) is 2. The van der Waals surface area contributed by atoms with E-state index < -0.39 is 0 Å². The van der Waals surface area contributed by atoms with Crippen molar-refractivity contribution in [2.24, 2.45) is 86.0 Å². The predicted octanol–water partition coefficient (Wildman–Crippen LogP) is 32.6. The van der Waals surface area contributed by atoms with Crippen molar-refractivity contribution in [1.29, 1.82) is 0 Å². The van der Waals surface area contributed by atoms with Crippen LogP contribution >= 0.6 is 11.6 Å². The van der Waals surface area contributed by atoms with Crippen LogP contribution in [0.1, 0.15) is 318 Å². The average Bonchev–Trinajstić information content (AvgIpc) is 0.751. The maximum absolute atomic E-state index is 13.3. The molecule has 9 aliphatic carbocycles. The first-order valence-corrected chi connectivity index (χ1v) is 48.2. The second kappa shape index (κ2) is 40.5. The van der Waals surface area contributed by atoms with Gasteiger partial charge in [-0.15, -0.1) is 0 Å². The topological polar surface area (TPSA) is 178 Å². The van der Waals surface area contributed by atoms with Crippen molar-refractivity contribution in [3.8, 4) is 0 Å². The van der Waals surface area contributed by atoms with E-state index in [4.69, 9.17) is 11.6 Å². The molecule has 0 spiro atoms. The largest absolute Gasteiger partial charge is 0.289 e. The highest BCUT2D eigenvalue weighted by Crippen LogP contribution is 2.49. The highest BCUT2D eigenvalue weighted by molar-refractivity contribution is 6.30. The van der Waals surface area contributed by atoms with E-state index in [1.54, 1.807) is 18.3 Å². The van der Waals surface area contributed by atoms with Crippen molar-refractivity contribution in [2.75, 3.05) is 0 Å². The van der Waals surface area contributed by atoms with Crippen molar-refractivity contribution in [3.05, 3.63) is 307 Å². The van der Waals surface area contributed by atoms with E-state index in [9.17, 15) is 43.2 Å². The minimum Gasteiger partial charge on any atom is -0.289 e. The number of rotatable bonds is 3. The Morgan fingerprint density at radius 1 is 0.193 bits per heavy atom. The molecule has 11 nitrogen and oxygen atoms in total. The summed E-state index contributed by atoms with van der Waals surface area (Å²) in [7, 11) is 0. The SMILES string of the molecule is CC(C)(C)C1=CC(=C2C=C(C(C)(C)C)C(=O)C(C(C)(C)C)=C2)C=C(C(C)(C)C)C1=O.CC(C)(C)C1=CC(=CC=C2C=C(C(C)(C)C)C(=O)C(C(C)(C)C)=C2)C=C(C(C)(C)C)C1=O.CC(C)(C)C1=CC(=CN=Nc2ccc(Cl)cc2)C=C(C(C)(C)C)C1=O.CC1=C/C(=C2/C=C(C)C(=O)C(C(C)(C)C)=C2)C=C(C(C)(C)C)C1=O.CC1=CC(=C2C=C(C(C)(C)C)C(=O)C(C(C)(C)C)=C2)C=C(C)C1=O. The average molecular weight is 1850 g/mol. The van der Waals surface area contributed by atoms with Gasteiger partial charge in [-0.2, -0.15) is 10.2 Å². The van der Waals surface area contributed by atoms with E-state index in [0.717, 1.165) is 156 Å². The summed E-state index contributed by atoms with van der Waals surface area (Å²) in [5.41, 5.74) is 20.9. The first kappa shape index (κ1) is 114. The zero-order chi connectivity index (χ0) is 104. The first-order chi connectivity index (χ1) is 60.6. The lowest BCUT2D eigenvalue weighted by Crippen LogP contribution is -2.29. The molecule has 0 heterocycles. The lowest BCUT2D eigenvalue weighted by atomic mass is 9.69. The molecule has 0 N–H and O–H groups in total. The molecule has 135 heavy (non-hydrogen) atoms. The molecule has 1 aromatic carbocycles. The lowest BCUT2D eigenvalue weighted by Gasteiger charge is -2.34. The minimum atomic E-state index is -0.259. The number of azo groups is 1. The third-order valence-corrected chi connectivity index (χ3v) is 24.8. The van der Waals surface area contributed by atoms with Crippen molar-refractivity contribution in [3.63, 3.8) is 0 Å². The molecule has 9 aliphatic rings. The number of hydrogen-bond donors (Lipinski definition) is 0. The first-order valence-electron chi connectivity index (χ1n) is 47.9. The van der Waals surface area contributed by atoms with Gasteiger partial charge in [-0.25, -0.2) is 0 Å². The summed E-state index contributed by atoms with van der Waals surface area (Å²) in [6.07, 6.45) is 41.6. The highest BCUT2D eigenvalue weighted by Gasteiger charge is 2.43. The molecule has 10 rings (SSSR count). The molecule has 0 radical (unpaired) electrons. The number of benzene rings is 1. The second-order valence-corrected chi connectivity index (χ2v) is 52.4. The van der Waals surface area contributed by atoms with Gasteiger partial charge in [0.2, 0.25) is 0 Å². The summed E-state index contributed by atoms with van der Waals surface area (Å²) >= 11 is 5.87. The molecule has 0 atom stereocenters. The Labute approximate surface area is 819 Å². The fourth-order valence-electron chi connectivity index (χ4n) is 16.3. The van der Waals surface area contributed by atoms with Crippen LogP contribution in [0.3, 0.4) is 0 Å². The molecule has 726 valence electrons. The van der Waals surface area contributed by atoms with Crippen molar-refractivity contribution in [1.82, 2.24) is 0 Å². The molecule has 0 amide bonds. The van der Waals surface area contributed by atoms with Gasteiger partial charge in [-0.05, 0) is 310 Å². The Balaban J connectivity index is 0.000000260. The molecule has 0 aromatic heterocycles. The maximum Gasteiger partial charge on any atom is 0.186 e. The van der Waals surface area contributed by atoms with Gasteiger partial charge in [0.25, 0.3) is 0 Å². The number of ketones is 9. The number of carbonyl (C=O) groups excluding carboxylic acids is 9. The van der Waals surface area contributed by atoms with Crippen LogP contribution in [0.25, 0.3) is 0 Å². The summed E-state index contributed by atoms with van der Waals surface area (Å²) in [4.78, 5) is 116. The second-order valence-electron chi connectivity index (χ2n) is 52.0. The molecule has 0 fully saturated rings. The smallest absolute Gasteiger partial charge is 0.186 e. The van der Waals surface area contributed by atoms with Gasteiger partial charge in [-0.3, -0.25) is 43.2 Å². The van der Waals surface area contributed by atoms with E-state index in [2.05, 4.69) is 313 Å². The highest BCUT2D eigenvalue weighted by atomic mass is 35.5. The third-order valence-electron chi connectivity index (χ3n) is 24.6. The fourth-order valence-corrected chi connectivity index (χ4v) is 16.4. The van der Waals surface area contributed by atoms with Crippen molar-refractivity contribution in [2.45, 2.75) is 318 Å². The van der Waals surface area contributed by atoms with Gasteiger partial charge in [0.05, 0.1) is 11.9 Å². The number of hydrogen-bond acceptors (Lipinski definition) is 11. The third kappa shape index (κ3) is 29.2. The van der Waals surface area contributed by atoms with E-state index in [0.29, 0.717) is 5.02 Å². The van der Waals surface area contributed by atoms with Crippen LogP contribution in [-0.4, -0.2) is 52.0 Å². The van der Waals surface area contributed by atoms with Crippen LogP contribution in [-0.2, 0) is 43.2 Å². The number of carbonyl (C=O) groups is 9. The minimum absolute atomic E-state index is 0.0892. The van der Waals surface area contributed by atoms with Crippen LogP contribution in [0.5, 0.6) is 0 Å². The monoisotopic (exact) mass is 1850 g/mol. The molecule has 0 bridgehead atoms. The Morgan fingerprint density at radius 2 is 0.341 bits per heavy atom. The van der Waals surface area contributed by atoms with Crippen molar-refractivity contribution < 1.29 is 43.2 Å². The molecular weight excluding hydrogens is 1680 g/mol. The van der Waals surface area contributed by atoms with E-state index in [1.165, 1.54) is 0 Å². The van der Waals surface area contributed by atoms with E-state index >= 15 is 0 Å². The summed E-state index contributed by atoms with van der Waals surface area (Å²) in [5.74, 6) is 1.10. The molecule has 0 saturated heterocycles. The maximum atomic E-state index is 13.3. The van der Waals surface area contributed by atoms with Gasteiger partial charge in [0.15, 0.2) is 52.0 Å². The van der Waals surface area contributed by atoms with Gasteiger partial charge >= 0.3 is 0 Å². The normalized spacial score (nSPS) is 19.3. The number of halogens is 1. The Hall–Kier alpha value is -10.1. The quantitative estimate of drug-likeness (QED) is 0.266. The summed E-state index contributed by atoms with van der Waals surface area (Å²) in [6, 6.07) is 7.16. The zero-order valence-corrected chi connectivity index (χ0v) is 92.1. The van der Waals surface area contributed by atoms with E-state index in [1.807, 2.05) is 149 Å². The van der Waals surface area contributed by atoms with Gasteiger partial charge in [0.1, 0.15) is 0 Å². The fraction of sp³-hybridized carbons (Fsp3) is 0.488. The van der Waals surface area contributed by atoms with Gasteiger partial charge in [-0.1, -0.05) is 315 Å². The molecule has 12 heteroatoms. The molecule has 0 unspecified atom stereocenters. The van der Waals surface area contributed by atoms with Crippen LogP contribution in [0.2, 0.25) is 5.02 Å². The number of Topliss-reactive ketones (excluding diaryl/α,β-unsaturated/α-hetero) is 9. The Morgan fingerprint density at radius 3 is 0.526 bits per heavy atom. The summed E-state index contributed by atoms with van der Waals surface area (Å²) in [5, 5.41) is 9.02. The lowest BCUT2D eigenvalue weighted by molar-refractivity contribution is -0.114. The molecule has 0 saturated carbocycles. The molecule has 0 aliphatic heterocycles. The zero-order valence-electron chi connectivity index (χ0n) is 91.4. The van der Waals surface area contributed by atoms with Crippen molar-refractivity contribution >= 4 is 69.3 Å². The van der Waals surface area contributed by atoms with Gasteiger partial charge in [0, 0.05) is 83.0 Å². The standard InChI is InChI=1S/C30H42O2.C28H40O2.2C22H28O2.C21H25ClN2O/c1-27(2,3)21-15-19(16-22(25(21)31)28(4,5)6)13-14-20-17-23(29(7,8)9)26(32)24(18-20)30(10,11)12;1-25(2,3)19-13-17(14-20(23(19)29)26(4,5)6)18-15-21(27(7,8)9)24(30)22(16-18)28(10,11)12;1-13-9-15(11-17(19(13)23)21(3,4)5)16-10-14(2)20(24)18(12-16)22(6,7)8;1-13-9-15(10-14(2)19(13)23)16-11-17(21(3,4)5)20(24)18(12-16)22(6,7)8;1-20(2,3)17-11-14(12-18(19(17)25)21(4,5)6)13-23-24-16-9-7-15(22)8-10-16/h13-18H,1-12H3;13-16H,1-12H3;2*9-12H,1-8H3;7-13H,1-6H3/b;;16-15+;;. The van der Waals surface area contributed by atoms with Crippen LogP contribution in [0, 0.1) is 75.8 Å².